The summed E-state index contributed by atoms with van der Waals surface area (Å²) in [5.74, 6) is 1.96. The molecule has 0 amide bonds. The van der Waals surface area contributed by atoms with Gasteiger partial charge in [0.15, 0.2) is 0 Å². The molecule has 3 aromatic rings. The lowest BCUT2D eigenvalue weighted by Gasteiger charge is -2.06. The van der Waals surface area contributed by atoms with Crippen molar-refractivity contribution >= 4 is 5.65 Å². The van der Waals surface area contributed by atoms with Gasteiger partial charge in [0.1, 0.15) is 11.6 Å². The van der Waals surface area contributed by atoms with Crippen LogP contribution in [-0.2, 0) is 6.42 Å². The highest BCUT2D eigenvalue weighted by atomic mass is 16.5. The van der Waals surface area contributed by atoms with Gasteiger partial charge in [-0.1, -0.05) is 12.1 Å². The Kier molecular flexibility index (Phi) is 3.30. The maximum absolute atomic E-state index is 5.77. The first-order chi connectivity index (χ1) is 9.78. The maximum Gasteiger partial charge on any atom is 0.265 e. The van der Waals surface area contributed by atoms with E-state index in [4.69, 9.17) is 10.5 Å². The Labute approximate surface area is 116 Å². The molecule has 0 radical (unpaired) electrons. The SMILES string of the molecule is Cc1nnc2c(Oc3ccc(CCN)cc3)nccn12. The number of nitrogens with zero attached hydrogens (tertiary/aromatic N) is 4. The fraction of sp³-hybridized carbons (Fsp3) is 0.214. The van der Waals surface area contributed by atoms with E-state index in [1.54, 1.807) is 6.20 Å². The average molecular weight is 269 g/mol. The Hall–Kier alpha value is -2.47. The van der Waals surface area contributed by atoms with E-state index in [2.05, 4.69) is 15.2 Å². The zero-order chi connectivity index (χ0) is 13.9. The molecular weight excluding hydrogens is 254 g/mol. The van der Waals surface area contributed by atoms with Crippen LogP contribution in [-0.4, -0.2) is 26.1 Å². The number of ether oxygens (including phenoxy) is 1. The van der Waals surface area contributed by atoms with Gasteiger partial charge >= 0.3 is 0 Å². The number of fused-ring (bicyclic) bond motifs is 1. The van der Waals surface area contributed by atoms with E-state index in [1.807, 2.05) is 41.8 Å². The Balaban J connectivity index is 1.89. The van der Waals surface area contributed by atoms with Gasteiger partial charge in [-0.2, -0.15) is 0 Å². The lowest BCUT2D eigenvalue weighted by Crippen LogP contribution is -2.02. The molecule has 6 nitrogen and oxygen atoms in total. The normalized spacial score (nSPS) is 10.9. The van der Waals surface area contributed by atoms with Crippen LogP contribution in [0.15, 0.2) is 36.7 Å². The minimum Gasteiger partial charge on any atom is -0.436 e. The number of rotatable bonds is 4. The Morgan fingerprint density at radius 1 is 1.20 bits per heavy atom. The molecule has 0 bridgehead atoms. The van der Waals surface area contributed by atoms with Crippen LogP contribution in [0.2, 0.25) is 0 Å². The van der Waals surface area contributed by atoms with Crippen LogP contribution in [0.5, 0.6) is 11.6 Å². The van der Waals surface area contributed by atoms with Crippen molar-refractivity contribution in [1.82, 2.24) is 19.6 Å². The van der Waals surface area contributed by atoms with E-state index in [1.165, 1.54) is 5.56 Å². The van der Waals surface area contributed by atoms with Crippen molar-refractivity contribution in [3.8, 4) is 11.6 Å². The minimum absolute atomic E-state index is 0.444. The molecular formula is C14H15N5O. The molecule has 6 heteroatoms. The van der Waals surface area contributed by atoms with Crippen molar-refractivity contribution < 1.29 is 4.74 Å². The van der Waals surface area contributed by atoms with Crippen LogP contribution in [0.3, 0.4) is 0 Å². The standard InChI is InChI=1S/C14H15N5O/c1-10-17-18-13-14(16-8-9-19(10)13)20-12-4-2-11(3-5-12)6-7-15/h2-5,8-9H,6-7,15H2,1H3. The third kappa shape index (κ3) is 2.33. The van der Waals surface area contributed by atoms with Gasteiger partial charge in [-0.15, -0.1) is 10.2 Å². The third-order valence-corrected chi connectivity index (χ3v) is 3.04. The summed E-state index contributed by atoms with van der Waals surface area (Å²) in [5.41, 5.74) is 7.32. The fourth-order valence-electron chi connectivity index (χ4n) is 1.99. The largest absolute Gasteiger partial charge is 0.436 e. The van der Waals surface area contributed by atoms with Gasteiger partial charge in [0.05, 0.1) is 0 Å². The first-order valence-electron chi connectivity index (χ1n) is 6.41. The zero-order valence-electron chi connectivity index (χ0n) is 11.2. The summed E-state index contributed by atoms with van der Waals surface area (Å²) < 4.78 is 7.61. The van der Waals surface area contributed by atoms with Crippen molar-refractivity contribution in [3.05, 3.63) is 48.0 Å². The van der Waals surface area contributed by atoms with E-state index in [0.29, 0.717) is 23.8 Å². The Morgan fingerprint density at radius 2 is 2.00 bits per heavy atom. The molecule has 3 rings (SSSR count). The second-order valence-electron chi connectivity index (χ2n) is 4.46. The molecule has 1 aromatic carbocycles. The number of hydrogen-bond donors (Lipinski definition) is 1. The molecule has 2 N–H and O–H groups in total. The molecule has 0 saturated heterocycles. The number of hydrogen-bond acceptors (Lipinski definition) is 5. The third-order valence-electron chi connectivity index (χ3n) is 3.04. The van der Waals surface area contributed by atoms with Gasteiger partial charge < -0.3 is 10.5 Å². The molecule has 0 spiro atoms. The predicted octanol–water partition coefficient (Wildman–Crippen LogP) is 1.73. The summed E-state index contributed by atoms with van der Waals surface area (Å²) in [6, 6.07) is 7.80. The molecule has 20 heavy (non-hydrogen) atoms. The van der Waals surface area contributed by atoms with Crippen LogP contribution >= 0.6 is 0 Å². The molecule has 0 saturated carbocycles. The molecule has 2 aromatic heterocycles. The number of benzene rings is 1. The lowest BCUT2D eigenvalue weighted by molar-refractivity contribution is 0.464. The molecule has 0 aliphatic rings. The molecule has 2 heterocycles. The van der Waals surface area contributed by atoms with Gasteiger partial charge in [-0.05, 0) is 37.6 Å². The van der Waals surface area contributed by atoms with E-state index >= 15 is 0 Å². The quantitative estimate of drug-likeness (QED) is 0.780. The van der Waals surface area contributed by atoms with Crippen LogP contribution in [0, 0.1) is 6.92 Å². The summed E-state index contributed by atoms with van der Waals surface area (Å²) >= 11 is 0. The Morgan fingerprint density at radius 3 is 2.75 bits per heavy atom. The summed E-state index contributed by atoms with van der Waals surface area (Å²) in [5, 5.41) is 8.09. The van der Waals surface area contributed by atoms with Crippen molar-refractivity contribution in [3.63, 3.8) is 0 Å². The van der Waals surface area contributed by atoms with Crippen molar-refractivity contribution in [2.45, 2.75) is 13.3 Å². The maximum atomic E-state index is 5.77. The molecule has 0 aliphatic carbocycles. The lowest BCUT2D eigenvalue weighted by atomic mass is 10.1. The number of aryl methyl sites for hydroxylation is 1. The van der Waals surface area contributed by atoms with Crippen LogP contribution < -0.4 is 10.5 Å². The highest BCUT2D eigenvalue weighted by molar-refractivity contribution is 5.50. The molecule has 0 unspecified atom stereocenters. The molecule has 0 fully saturated rings. The predicted molar refractivity (Wildman–Crippen MR) is 74.8 cm³/mol. The van der Waals surface area contributed by atoms with Crippen LogP contribution in [0.25, 0.3) is 5.65 Å². The molecule has 0 aliphatic heterocycles. The van der Waals surface area contributed by atoms with Crippen molar-refractivity contribution in [2.24, 2.45) is 5.73 Å². The van der Waals surface area contributed by atoms with Crippen LogP contribution in [0.1, 0.15) is 11.4 Å². The van der Waals surface area contributed by atoms with E-state index in [-0.39, 0.29) is 0 Å². The monoisotopic (exact) mass is 269 g/mol. The van der Waals surface area contributed by atoms with Gasteiger partial charge in [0.25, 0.3) is 5.88 Å². The second kappa shape index (κ2) is 5.26. The minimum atomic E-state index is 0.444. The number of nitrogens with two attached hydrogens (primary N) is 1. The Bertz CT molecular complexity index is 720. The van der Waals surface area contributed by atoms with E-state index in [9.17, 15) is 0 Å². The van der Waals surface area contributed by atoms with Gasteiger partial charge in [0, 0.05) is 12.4 Å². The first kappa shape index (κ1) is 12.6. The van der Waals surface area contributed by atoms with E-state index in [0.717, 1.165) is 12.2 Å². The van der Waals surface area contributed by atoms with Gasteiger partial charge in [-0.3, -0.25) is 4.40 Å². The van der Waals surface area contributed by atoms with Crippen molar-refractivity contribution in [1.29, 1.82) is 0 Å². The highest BCUT2D eigenvalue weighted by Gasteiger charge is 2.09. The molecule has 102 valence electrons. The smallest absolute Gasteiger partial charge is 0.265 e. The first-order valence-corrected chi connectivity index (χ1v) is 6.41. The van der Waals surface area contributed by atoms with Gasteiger partial charge in [0.2, 0.25) is 5.65 Å². The fourth-order valence-corrected chi connectivity index (χ4v) is 1.99. The summed E-state index contributed by atoms with van der Waals surface area (Å²) in [4.78, 5) is 4.21. The summed E-state index contributed by atoms with van der Waals surface area (Å²) in [7, 11) is 0. The molecule has 0 atom stereocenters. The summed E-state index contributed by atoms with van der Waals surface area (Å²) in [6.45, 7) is 2.52. The van der Waals surface area contributed by atoms with E-state index < -0.39 is 0 Å². The second-order valence-corrected chi connectivity index (χ2v) is 4.46. The van der Waals surface area contributed by atoms with Gasteiger partial charge in [-0.25, -0.2) is 4.98 Å². The average Bonchev–Trinajstić information content (AvgIpc) is 2.84. The highest BCUT2D eigenvalue weighted by Crippen LogP contribution is 2.23. The number of aromatic nitrogens is 4. The zero-order valence-corrected chi connectivity index (χ0v) is 11.2. The van der Waals surface area contributed by atoms with Crippen molar-refractivity contribution in [2.75, 3.05) is 6.54 Å². The topological polar surface area (TPSA) is 78.3 Å². The summed E-state index contributed by atoms with van der Waals surface area (Å²) in [6.07, 6.45) is 4.33. The van der Waals surface area contributed by atoms with Crippen LogP contribution in [0.4, 0.5) is 0 Å².